The molecule has 21 heavy (non-hydrogen) atoms. The Kier molecular flexibility index (Phi) is 7.56. The van der Waals surface area contributed by atoms with Crippen LogP contribution in [0.5, 0.6) is 0 Å². The zero-order valence-electron chi connectivity index (χ0n) is 12.7. The molecule has 0 aromatic carbocycles. The van der Waals surface area contributed by atoms with Crippen LogP contribution in [0.2, 0.25) is 0 Å². The molecule has 0 bridgehead atoms. The molecule has 1 aliphatic heterocycles. The van der Waals surface area contributed by atoms with E-state index in [-0.39, 0.29) is 36.9 Å². The number of nitrogens with one attached hydrogen (secondary N) is 1. The quantitative estimate of drug-likeness (QED) is 0.742. The molecule has 1 N–H and O–H groups in total. The number of hydrogen-bond donors (Lipinski definition) is 1. The fourth-order valence-corrected chi connectivity index (χ4v) is 2.17. The van der Waals surface area contributed by atoms with Gasteiger partial charge in [-0.05, 0) is 26.7 Å². The van der Waals surface area contributed by atoms with Crippen LogP contribution in [0, 0.1) is 0 Å². The summed E-state index contributed by atoms with van der Waals surface area (Å²) < 4.78 is 9.70. The van der Waals surface area contributed by atoms with E-state index in [4.69, 9.17) is 9.47 Å². The van der Waals surface area contributed by atoms with Gasteiger partial charge in [0.2, 0.25) is 5.91 Å². The summed E-state index contributed by atoms with van der Waals surface area (Å²) in [5, 5.41) is 2.88. The van der Waals surface area contributed by atoms with Crippen molar-refractivity contribution in [3.63, 3.8) is 0 Å². The molecule has 0 unspecified atom stereocenters. The minimum atomic E-state index is -0.357. The van der Waals surface area contributed by atoms with Crippen molar-refractivity contribution in [2.24, 2.45) is 0 Å². The normalized spacial score (nSPS) is 15.4. The maximum atomic E-state index is 11.7. The van der Waals surface area contributed by atoms with E-state index in [0.29, 0.717) is 39.1 Å². The SMILES string of the molecule is CCOC(=O)CCC(=O)NC1CCN(C(=O)OCC)CC1. The van der Waals surface area contributed by atoms with Crippen molar-refractivity contribution in [1.29, 1.82) is 0 Å². The van der Waals surface area contributed by atoms with Crippen molar-refractivity contribution in [2.75, 3.05) is 26.3 Å². The van der Waals surface area contributed by atoms with Gasteiger partial charge in [0.25, 0.3) is 0 Å². The third-order valence-corrected chi connectivity index (χ3v) is 3.25. The molecule has 0 saturated carbocycles. The molecule has 1 saturated heterocycles. The molecule has 0 aliphatic carbocycles. The van der Waals surface area contributed by atoms with E-state index < -0.39 is 0 Å². The largest absolute Gasteiger partial charge is 0.466 e. The van der Waals surface area contributed by atoms with E-state index >= 15 is 0 Å². The number of nitrogens with zero attached hydrogens (tertiary/aromatic N) is 1. The second-order valence-electron chi connectivity index (χ2n) is 4.83. The van der Waals surface area contributed by atoms with Gasteiger partial charge in [-0.2, -0.15) is 0 Å². The first kappa shape index (κ1) is 17.3. The average Bonchev–Trinajstić information content (AvgIpc) is 2.46. The Balaban J connectivity index is 2.21. The van der Waals surface area contributed by atoms with Crippen LogP contribution in [-0.4, -0.2) is 55.2 Å². The van der Waals surface area contributed by atoms with Gasteiger partial charge >= 0.3 is 12.1 Å². The van der Waals surface area contributed by atoms with E-state index in [1.54, 1.807) is 18.7 Å². The van der Waals surface area contributed by atoms with Crippen LogP contribution in [0.1, 0.15) is 39.5 Å². The van der Waals surface area contributed by atoms with Crippen LogP contribution in [0.4, 0.5) is 4.79 Å². The van der Waals surface area contributed by atoms with Crippen LogP contribution in [-0.2, 0) is 19.1 Å². The maximum absolute atomic E-state index is 11.7. The lowest BCUT2D eigenvalue weighted by Crippen LogP contribution is -2.46. The zero-order valence-corrected chi connectivity index (χ0v) is 12.7. The number of carbonyl (C=O) groups excluding carboxylic acids is 3. The van der Waals surface area contributed by atoms with Crippen molar-refractivity contribution in [2.45, 2.75) is 45.6 Å². The zero-order chi connectivity index (χ0) is 15.7. The summed E-state index contributed by atoms with van der Waals surface area (Å²) in [6, 6.07) is 0.0466. The molecule has 0 spiro atoms. The number of rotatable bonds is 6. The van der Waals surface area contributed by atoms with Crippen molar-refractivity contribution in [1.82, 2.24) is 10.2 Å². The van der Waals surface area contributed by atoms with Gasteiger partial charge in [-0.1, -0.05) is 0 Å². The van der Waals surface area contributed by atoms with Gasteiger partial charge in [0.1, 0.15) is 0 Å². The molecule has 0 aromatic rings. The van der Waals surface area contributed by atoms with Crippen molar-refractivity contribution < 1.29 is 23.9 Å². The van der Waals surface area contributed by atoms with Crippen molar-refractivity contribution >= 4 is 18.0 Å². The van der Waals surface area contributed by atoms with Crippen molar-refractivity contribution in [3.05, 3.63) is 0 Å². The standard InChI is InChI=1S/C14H24N2O5/c1-3-20-13(18)6-5-12(17)15-11-7-9-16(10-8-11)14(19)21-4-2/h11H,3-10H2,1-2H3,(H,15,17). The van der Waals surface area contributed by atoms with E-state index in [0.717, 1.165) is 0 Å². The highest BCUT2D eigenvalue weighted by Crippen LogP contribution is 2.11. The third-order valence-electron chi connectivity index (χ3n) is 3.25. The number of hydrogen-bond acceptors (Lipinski definition) is 5. The second-order valence-corrected chi connectivity index (χ2v) is 4.83. The molecule has 120 valence electrons. The Morgan fingerprint density at radius 2 is 1.67 bits per heavy atom. The molecule has 0 atom stereocenters. The third kappa shape index (κ3) is 6.46. The predicted octanol–water partition coefficient (Wildman–Crippen LogP) is 1.07. The molecule has 7 nitrogen and oxygen atoms in total. The predicted molar refractivity (Wildman–Crippen MR) is 75.6 cm³/mol. The maximum Gasteiger partial charge on any atom is 0.409 e. The highest BCUT2D eigenvalue weighted by molar-refractivity contribution is 5.81. The summed E-state index contributed by atoms with van der Waals surface area (Å²) in [6.07, 6.45) is 1.33. The van der Waals surface area contributed by atoms with Crippen LogP contribution >= 0.6 is 0 Å². The summed E-state index contributed by atoms with van der Waals surface area (Å²) >= 11 is 0. The highest BCUT2D eigenvalue weighted by atomic mass is 16.6. The average molecular weight is 300 g/mol. The smallest absolute Gasteiger partial charge is 0.409 e. The summed E-state index contributed by atoms with van der Waals surface area (Å²) in [6.45, 7) is 5.34. The van der Waals surface area contributed by atoms with E-state index in [2.05, 4.69) is 5.32 Å². The van der Waals surface area contributed by atoms with Gasteiger partial charge < -0.3 is 19.7 Å². The summed E-state index contributed by atoms with van der Waals surface area (Å²) in [4.78, 5) is 36.0. The summed E-state index contributed by atoms with van der Waals surface area (Å²) in [5.41, 5.74) is 0. The Morgan fingerprint density at radius 1 is 1.05 bits per heavy atom. The lowest BCUT2D eigenvalue weighted by atomic mass is 10.1. The van der Waals surface area contributed by atoms with Gasteiger partial charge in [0, 0.05) is 25.6 Å². The molecule has 0 radical (unpaired) electrons. The minimum Gasteiger partial charge on any atom is -0.466 e. The molecule has 1 aliphatic rings. The number of ether oxygens (including phenoxy) is 2. The molecule has 1 rings (SSSR count). The lowest BCUT2D eigenvalue weighted by molar-refractivity contribution is -0.144. The van der Waals surface area contributed by atoms with E-state index in [1.807, 2.05) is 0 Å². The number of esters is 1. The van der Waals surface area contributed by atoms with Crippen LogP contribution < -0.4 is 5.32 Å². The second kappa shape index (κ2) is 9.20. The molecule has 1 heterocycles. The van der Waals surface area contributed by atoms with Crippen LogP contribution in [0.3, 0.4) is 0 Å². The van der Waals surface area contributed by atoms with Gasteiger partial charge in [0.05, 0.1) is 19.6 Å². The topological polar surface area (TPSA) is 84.9 Å². The molecule has 0 aromatic heterocycles. The number of amides is 2. The first-order valence-electron chi connectivity index (χ1n) is 7.43. The van der Waals surface area contributed by atoms with Crippen LogP contribution in [0.25, 0.3) is 0 Å². The Bertz CT molecular complexity index is 364. The Hall–Kier alpha value is -1.79. The molecular weight excluding hydrogens is 276 g/mol. The van der Waals surface area contributed by atoms with E-state index in [9.17, 15) is 14.4 Å². The van der Waals surface area contributed by atoms with Gasteiger partial charge in [0.15, 0.2) is 0 Å². The van der Waals surface area contributed by atoms with Gasteiger partial charge in [-0.3, -0.25) is 9.59 Å². The first-order valence-corrected chi connectivity index (χ1v) is 7.43. The monoisotopic (exact) mass is 300 g/mol. The fraction of sp³-hybridized carbons (Fsp3) is 0.786. The fourth-order valence-electron chi connectivity index (χ4n) is 2.17. The summed E-state index contributed by atoms with van der Waals surface area (Å²) in [5.74, 6) is -0.512. The van der Waals surface area contributed by atoms with Gasteiger partial charge in [-0.25, -0.2) is 4.79 Å². The first-order chi connectivity index (χ1) is 10.1. The van der Waals surface area contributed by atoms with Crippen molar-refractivity contribution in [3.8, 4) is 0 Å². The summed E-state index contributed by atoms with van der Waals surface area (Å²) in [7, 11) is 0. The number of piperidine rings is 1. The molecule has 7 heteroatoms. The number of likely N-dealkylation sites (tertiary alicyclic amines) is 1. The van der Waals surface area contributed by atoms with E-state index in [1.165, 1.54) is 0 Å². The molecular formula is C14H24N2O5. The minimum absolute atomic E-state index is 0.0466. The lowest BCUT2D eigenvalue weighted by Gasteiger charge is -2.31. The number of carbonyl (C=O) groups is 3. The molecule has 2 amide bonds. The van der Waals surface area contributed by atoms with Gasteiger partial charge in [-0.15, -0.1) is 0 Å². The van der Waals surface area contributed by atoms with Crippen LogP contribution in [0.15, 0.2) is 0 Å². The highest BCUT2D eigenvalue weighted by Gasteiger charge is 2.24. The Morgan fingerprint density at radius 3 is 2.24 bits per heavy atom. The molecule has 1 fully saturated rings. The Labute approximate surface area is 124 Å².